The van der Waals surface area contributed by atoms with E-state index in [-0.39, 0.29) is 0 Å². The third kappa shape index (κ3) is 2.85. The normalized spacial score (nSPS) is 19.3. The van der Waals surface area contributed by atoms with Gasteiger partial charge >= 0.3 is 0 Å². The molecule has 1 heterocycles. The molecule has 1 atom stereocenters. The summed E-state index contributed by atoms with van der Waals surface area (Å²) in [5.41, 5.74) is 2.23. The fourth-order valence-corrected chi connectivity index (χ4v) is 2.61. The Bertz CT molecular complexity index is 382. The highest BCUT2D eigenvalue weighted by Crippen LogP contribution is 2.27. The molecule has 1 aliphatic heterocycles. The molecule has 0 amide bonds. The van der Waals surface area contributed by atoms with E-state index < -0.39 is 6.10 Å². The first kappa shape index (κ1) is 13.4. The lowest BCUT2D eigenvalue weighted by atomic mass is 10.1. The van der Waals surface area contributed by atoms with E-state index in [1.54, 1.807) is 0 Å². The van der Waals surface area contributed by atoms with Gasteiger partial charge in [-0.05, 0) is 26.8 Å². The molecular formula is C15H24N2O. The van der Waals surface area contributed by atoms with Gasteiger partial charge in [0.25, 0.3) is 0 Å². The van der Waals surface area contributed by atoms with Gasteiger partial charge in [-0.25, -0.2) is 0 Å². The van der Waals surface area contributed by atoms with Gasteiger partial charge in [-0.15, -0.1) is 0 Å². The molecule has 1 aromatic carbocycles. The molecule has 0 saturated carbocycles. The van der Waals surface area contributed by atoms with E-state index in [2.05, 4.69) is 35.8 Å². The predicted octanol–water partition coefficient (Wildman–Crippen LogP) is 2.27. The van der Waals surface area contributed by atoms with Crippen molar-refractivity contribution in [2.24, 2.45) is 0 Å². The van der Waals surface area contributed by atoms with Crippen LogP contribution in [0.4, 0.5) is 5.69 Å². The molecule has 1 fully saturated rings. The molecule has 1 N–H and O–H groups in total. The Balaban J connectivity index is 2.10. The molecule has 3 heteroatoms. The quantitative estimate of drug-likeness (QED) is 0.889. The van der Waals surface area contributed by atoms with Crippen LogP contribution in [0.25, 0.3) is 0 Å². The highest BCUT2D eigenvalue weighted by molar-refractivity contribution is 5.54. The fraction of sp³-hybridized carbons (Fsp3) is 0.600. The summed E-state index contributed by atoms with van der Waals surface area (Å²) in [5.74, 6) is 0. The monoisotopic (exact) mass is 248 g/mol. The van der Waals surface area contributed by atoms with Crippen LogP contribution in [0.5, 0.6) is 0 Å². The Morgan fingerprint density at radius 3 is 2.17 bits per heavy atom. The number of para-hydroxylation sites is 1. The first-order valence-corrected chi connectivity index (χ1v) is 6.85. The van der Waals surface area contributed by atoms with Crippen LogP contribution in [0.1, 0.15) is 32.4 Å². The largest absolute Gasteiger partial charge is 0.389 e. The van der Waals surface area contributed by atoms with Gasteiger partial charge < -0.3 is 10.0 Å². The number of hydrogen-bond acceptors (Lipinski definition) is 3. The summed E-state index contributed by atoms with van der Waals surface area (Å²) in [5, 5.41) is 9.84. The number of hydrogen-bond donors (Lipinski definition) is 1. The van der Waals surface area contributed by atoms with Crippen molar-refractivity contribution in [1.82, 2.24) is 4.90 Å². The highest BCUT2D eigenvalue weighted by Gasteiger charge is 2.21. The molecule has 3 nitrogen and oxygen atoms in total. The third-order valence-corrected chi connectivity index (χ3v) is 3.77. The van der Waals surface area contributed by atoms with Crippen molar-refractivity contribution < 1.29 is 5.11 Å². The maximum Gasteiger partial charge on any atom is 0.0781 e. The van der Waals surface area contributed by atoms with Crippen LogP contribution in [0, 0.1) is 0 Å². The van der Waals surface area contributed by atoms with Gasteiger partial charge in [-0.3, -0.25) is 4.90 Å². The van der Waals surface area contributed by atoms with Crippen molar-refractivity contribution in [3.05, 3.63) is 29.8 Å². The average Bonchev–Trinajstić information content (AvgIpc) is 2.39. The highest BCUT2D eigenvalue weighted by atomic mass is 16.3. The maximum absolute atomic E-state index is 9.84. The van der Waals surface area contributed by atoms with Crippen LogP contribution in [0.2, 0.25) is 0 Å². The Kier molecular flexibility index (Phi) is 4.25. The topological polar surface area (TPSA) is 26.7 Å². The molecule has 0 aliphatic carbocycles. The molecule has 0 bridgehead atoms. The Morgan fingerprint density at radius 1 is 1.00 bits per heavy atom. The van der Waals surface area contributed by atoms with Crippen LogP contribution >= 0.6 is 0 Å². The van der Waals surface area contributed by atoms with Gasteiger partial charge in [-0.2, -0.15) is 0 Å². The van der Waals surface area contributed by atoms with E-state index in [4.69, 9.17) is 0 Å². The summed E-state index contributed by atoms with van der Waals surface area (Å²) in [7, 11) is 0. The van der Waals surface area contributed by atoms with E-state index in [1.807, 2.05) is 19.1 Å². The van der Waals surface area contributed by atoms with E-state index >= 15 is 0 Å². The van der Waals surface area contributed by atoms with Crippen molar-refractivity contribution >= 4 is 5.69 Å². The lowest BCUT2D eigenvalue weighted by Gasteiger charge is -2.39. The number of benzene rings is 1. The molecule has 1 aromatic rings. The number of aliphatic hydroxyl groups is 1. The Morgan fingerprint density at radius 2 is 1.61 bits per heavy atom. The first-order chi connectivity index (χ1) is 8.59. The van der Waals surface area contributed by atoms with Gasteiger partial charge in [0.2, 0.25) is 0 Å². The Labute approximate surface area is 110 Å². The summed E-state index contributed by atoms with van der Waals surface area (Å²) < 4.78 is 0. The van der Waals surface area contributed by atoms with E-state index in [1.165, 1.54) is 5.69 Å². The van der Waals surface area contributed by atoms with Gasteiger partial charge in [-0.1, -0.05) is 18.2 Å². The zero-order chi connectivity index (χ0) is 13.1. The number of rotatable bonds is 3. The lowest BCUT2D eigenvalue weighted by molar-refractivity contribution is 0.196. The standard InChI is InChI=1S/C15H24N2O/c1-12(2)16-8-10-17(11-9-16)15-7-5-4-6-14(15)13(3)18/h4-7,12-13,18H,8-11H2,1-3H3/t13-/m1/s1. The zero-order valence-corrected chi connectivity index (χ0v) is 11.6. The summed E-state index contributed by atoms with van der Waals surface area (Å²) in [6, 6.07) is 8.81. The summed E-state index contributed by atoms with van der Waals surface area (Å²) in [4.78, 5) is 4.89. The maximum atomic E-state index is 9.84. The summed E-state index contributed by atoms with van der Waals surface area (Å²) in [6.07, 6.45) is -0.399. The lowest BCUT2D eigenvalue weighted by Crippen LogP contribution is -2.49. The van der Waals surface area contributed by atoms with E-state index in [9.17, 15) is 5.11 Å². The molecule has 0 spiro atoms. The molecule has 1 saturated heterocycles. The molecular weight excluding hydrogens is 224 g/mol. The van der Waals surface area contributed by atoms with Crippen molar-refractivity contribution in [2.45, 2.75) is 32.9 Å². The molecule has 1 aliphatic rings. The second-order valence-corrected chi connectivity index (χ2v) is 5.35. The number of nitrogens with zero attached hydrogens (tertiary/aromatic N) is 2. The van der Waals surface area contributed by atoms with Gasteiger partial charge in [0, 0.05) is 43.5 Å². The van der Waals surface area contributed by atoms with Crippen molar-refractivity contribution in [2.75, 3.05) is 31.1 Å². The first-order valence-electron chi connectivity index (χ1n) is 6.85. The minimum Gasteiger partial charge on any atom is -0.389 e. The van der Waals surface area contributed by atoms with E-state index in [0.717, 1.165) is 31.7 Å². The van der Waals surface area contributed by atoms with Gasteiger partial charge in [0.1, 0.15) is 0 Å². The van der Waals surface area contributed by atoms with Gasteiger partial charge in [0.15, 0.2) is 0 Å². The second-order valence-electron chi connectivity index (χ2n) is 5.35. The molecule has 2 rings (SSSR count). The van der Waals surface area contributed by atoms with Crippen LogP contribution in [0.3, 0.4) is 0 Å². The molecule has 100 valence electrons. The minimum atomic E-state index is -0.399. The fourth-order valence-electron chi connectivity index (χ4n) is 2.61. The van der Waals surface area contributed by atoms with Crippen molar-refractivity contribution in [1.29, 1.82) is 0 Å². The molecule has 0 unspecified atom stereocenters. The number of piperazine rings is 1. The van der Waals surface area contributed by atoms with Crippen molar-refractivity contribution in [3.8, 4) is 0 Å². The average molecular weight is 248 g/mol. The smallest absolute Gasteiger partial charge is 0.0781 e. The molecule has 0 aromatic heterocycles. The number of aliphatic hydroxyl groups excluding tert-OH is 1. The van der Waals surface area contributed by atoms with Crippen LogP contribution in [-0.2, 0) is 0 Å². The molecule has 18 heavy (non-hydrogen) atoms. The summed E-state index contributed by atoms with van der Waals surface area (Å²) in [6.45, 7) is 10.6. The van der Waals surface area contributed by atoms with Gasteiger partial charge in [0.05, 0.1) is 6.10 Å². The summed E-state index contributed by atoms with van der Waals surface area (Å²) >= 11 is 0. The second kappa shape index (κ2) is 5.72. The zero-order valence-electron chi connectivity index (χ0n) is 11.6. The predicted molar refractivity (Wildman–Crippen MR) is 76.0 cm³/mol. The SMILES string of the molecule is CC(C)N1CCN(c2ccccc2[C@@H](C)O)CC1. The third-order valence-electron chi connectivity index (χ3n) is 3.77. The van der Waals surface area contributed by atoms with E-state index in [0.29, 0.717) is 6.04 Å². The van der Waals surface area contributed by atoms with Crippen LogP contribution in [-0.4, -0.2) is 42.2 Å². The van der Waals surface area contributed by atoms with Crippen LogP contribution in [0.15, 0.2) is 24.3 Å². The van der Waals surface area contributed by atoms with Crippen LogP contribution < -0.4 is 4.90 Å². The minimum absolute atomic E-state index is 0.399. The number of anilines is 1. The van der Waals surface area contributed by atoms with Crippen molar-refractivity contribution in [3.63, 3.8) is 0 Å². The Hall–Kier alpha value is -1.06. The molecule has 0 radical (unpaired) electrons.